The van der Waals surface area contributed by atoms with Gasteiger partial charge < -0.3 is 10.6 Å². The van der Waals surface area contributed by atoms with Crippen LogP contribution in [-0.4, -0.2) is 26.5 Å². The van der Waals surface area contributed by atoms with Gasteiger partial charge in [-0.25, -0.2) is 9.97 Å². The van der Waals surface area contributed by atoms with E-state index in [0.29, 0.717) is 5.82 Å². The predicted octanol–water partition coefficient (Wildman–Crippen LogP) is 2.95. The fourth-order valence-electron chi connectivity index (χ4n) is 2.37. The quantitative estimate of drug-likeness (QED) is 0.650. The molecule has 1 saturated carbocycles. The summed E-state index contributed by atoms with van der Waals surface area (Å²) in [6.07, 6.45) is 5.73. The molecule has 0 amide bonds. The first-order valence-corrected chi connectivity index (χ1v) is 6.91. The number of hydrogen-bond donors (Lipinski definition) is 2. The van der Waals surface area contributed by atoms with Crippen LogP contribution in [0.1, 0.15) is 46.5 Å². The van der Waals surface area contributed by atoms with Crippen LogP contribution in [0.15, 0.2) is 6.33 Å². The van der Waals surface area contributed by atoms with Gasteiger partial charge in [0.1, 0.15) is 6.33 Å². The topological polar surface area (TPSA) is 93.0 Å². The number of rotatable bonds is 4. The lowest BCUT2D eigenvalue weighted by Gasteiger charge is -2.21. The first-order valence-electron chi connectivity index (χ1n) is 6.91. The molecule has 1 aliphatic rings. The highest BCUT2D eigenvalue weighted by molar-refractivity contribution is 5.70. The van der Waals surface area contributed by atoms with Gasteiger partial charge in [-0.05, 0) is 33.6 Å². The Morgan fingerprint density at radius 1 is 1.25 bits per heavy atom. The second-order valence-electron chi connectivity index (χ2n) is 6.18. The van der Waals surface area contributed by atoms with Crippen molar-refractivity contribution >= 4 is 17.3 Å². The van der Waals surface area contributed by atoms with Crippen molar-refractivity contribution in [3.63, 3.8) is 0 Å². The van der Waals surface area contributed by atoms with Crippen LogP contribution in [0.25, 0.3) is 0 Å². The van der Waals surface area contributed by atoms with E-state index in [4.69, 9.17) is 0 Å². The molecule has 2 rings (SSSR count). The molecule has 1 aromatic rings. The van der Waals surface area contributed by atoms with Crippen LogP contribution in [0.4, 0.5) is 17.3 Å². The van der Waals surface area contributed by atoms with Crippen molar-refractivity contribution in [2.75, 3.05) is 10.6 Å². The third-order valence-corrected chi connectivity index (χ3v) is 3.19. The van der Waals surface area contributed by atoms with E-state index in [1.54, 1.807) is 0 Å². The van der Waals surface area contributed by atoms with Gasteiger partial charge in [-0.3, -0.25) is 10.1 Å². The van der Waals surface area contributed by atoms with Gasteiger partial charge in [-0.2, -0.15) is 0 Å². The van der Waals surface area contributed by atoms with Gasteiger partial charge in [0.2, 0.25) is 11.6 Å². The predicted molar refractivity (Wildman–Crippen MR) is 77.9 cm³/mol. The van der Waals surface area contributed by atoms with Gasteiger partial charge in [-0.15, -0.1) is 0 Å². The molecular weight excluding hydrogens is 258 g/mol. The molecule has 1 heterocycles. The normalized spacial score (nSPS) is 16.1. The Hall–Kier alpha value is -1.92. The highest BCUT2D eigenvalue weighted by Crippen LogP contribution is 2.32. The number of nitrogens with one attached hydrogen (secondary N) is 2. The van der Waals surface area contributed by atoms with Crippen molar-refractivity contribution in [1.29, 1.82) is 0 Å². The Morgan fingerprint density at radius 3 is 2.40 bits per heavy atom. The maximum absolute atomic E-state index is 11.3. The molecule has 20 heavy (non-hydrogen) atoms. The number of hydrogen-bond acceptors (Lipinski definition) is 6. The molecule has 0 spiro atoms. The van der Waals surface area contributed by atoms with Crippen LogP contribution in [0.2, 0.25) is 0 Å². The number of nitrogens with zero attached hydrogens (tertiary/aromatic N) is 3. The van der Waals surface area contributed by atoms with E-state index < -0.39 is 4.92 Å². The van der Waals surface area contributed by atoms with Crippen molar-refractivity contribution in [2.24, 2.45) is 0 Å². The molecule has 0 radical (unpaired) electrons. The second kappa shape index (κ2) is 5.60. The van der Waals surface area contributed by atoms with Crippen LogP contribution in [0.5, 0.6) is 0 Å². The highest BCUT2D eigenvalue weighted by Gasteiger charge is 2.27. The largest absolute Gasteiger partial charge is 0.361 e. The van der Waals surface area contributed by atoms with Crippen molar-refractivity contribution < 1.29 is 4.92 Å². The van der Waals surface area contributed by atoms with E-state index in [0.717, 1.165) is 25.7 Å². The monoisotopic (exact) mass is 279 g/mol. The van der Waals surface area contributed by atoms with Crippen molar-refractivity contribution in [3.8, 4) is 0 Å². The summed E-state index contributed by atoms with van der Waals surface area (Å²) in [6, 6.07) is 0.270. The average Bonchev–Trinajstić information content (AvgIpc) is 2.79. The standard InChI is InChI=1S/C13H21N5O2/c1-13(2,3)17-12-10(18(19)20)11(14-8-15-12)16-9-6-4-5-7-9/h8-9H,4-7H2,1-3H3,(H2,14,15,16,17). The molecule has 0 aliphatic heterocycles. The molecule has 1 aromatic heterocycles. The van der Waals surface area contributed by atoms with Gasteiger partial charge in [0, 0.05) is 11.6 Å². The molecule has 0 bridgehead atoms. The molecule has 0 unspecified atom stereocenters. The fraction of sp³-hybridized carbons (Fsp3) is 0.692. The Morgan fingerprint density at radius 2 is 1.85 bits per heavy atom. The first kappa shape index (κ1) is 14.5. The maximum Gasteiger partial charge on any atom is 0.353 e. The lowest BCUT2D eigenvalue weighted by molar-refractivity contribution is -0.383. The third kappa shape index (κ3) is 3.55. The molecule has 7 nitrogen and oxygen atoms in total. The zero-order valence-electron chi connectivity index (χ0n) is 12.1. The van der Waals surface area contributed by atoms with Crippen LogP contribution in [0, 0.1) is 10.1 Å². The van der Waals surface area contributed by atoms with E-state index in [9.17, 15) is 10.1 Å². The van der Waals surface area contributed by atoms with Crippen LogP contribution in [0.3, 0.4) is 0 Å². The lowest BCUT2D eigenvalue weighted by Crippen LogP contribution is -2.28. The van der Waals surface area contributed by atoms with E-state index >= 15 is 0 Å². The number of nitro groups is 1. The molecule has 1 fully saturated rings. The molecule has 1 aliphatic carbocycles. The summed E-state index contributed by atoms with van der Waals surface area (Å²) in [4.78, 5) is 19.0. The summed E-state index contributed by atoms with van der Waals surface area (Å²) in [6.45, 7) is 5.80. The SMILES string of the molecule is CC(C)(C)Nc1ncnc(NC2CCCC2)c1[N+](=O)[O-]. The van der Waals surface area contributed by atoms with Gasteiger partial charge in [-0.1, -0.05) is 12.8 Å². The Balaban J connectivity index is 2.30. The smallest absolute Gasteiger partial charge is 0.353 e. The molecule has 0 aromatic carbocycles. The third-order valence-electron chi connectivity index (χ3n) is 3.19. The summed E-state index contributed by atoms with van der Waals surface area (Å²) in [5.41, 5.74) is -0.377. The van der Waals surface area contributed by atoms with E-state index in [1.165, 1.54) is 6.33 Å². The second-order valence-corrected chi connectivity index (χ2v) is 6.18. The van der Waals surface area contributed by atoms with Gasteiger partial charge in [0.05, 0.1) is 4.92 Å². The van der Waals surface area contributed by atoms with E-state index in [2.05, 4.69) is 20.6 Å². The maximum atomic E-state index is 11.3. The summed E-state index contributed by atoms with van der Waals surface area (Å²) in [7, 11) is 0. The van der Waals surface area contributed by atoms with Crippen molar-refractivity contribution in [3.05, 3.63) is 16.4 Å². The minimum absolute atomic E-state index is 0.0747. The molecule has 0 atom stereocenters. The van der Waals surface area contributed by atoms with E-state index in [-0.39, 0.29) is 23.1 Å². The van der Waals surface area contributed by atoms with Crippen molar-refractivity contribution in [2.45, 2.75) is 58.0 Å². The summed E-state index contributed by atoms with van der Waals surface area (Å²) < 4.78 is 0. The fourth-order valence-corrected chi connectivity index (χ4v) is 2.37. The highest BCUT2D eigenvalue weighted by atomic mass is 16.6. The van der Waals surface area contributed by atoms with Crippen LogP contribution in [-0.2, 0) is 0 Å². The molecular formula is C13H21N5O2. The Bertz CT molecular complexity index is 492. The van der Waals surface area contributed by atoms with Gasteiger partial charge >= 0.3 is 5.69 Å². The summed E-state index contributed by atoms with van der Waals surface area (Å²) >= 11 is 0. The van der Waals surface area contributed by atoms with Crippen molar-refractivity contribution in [1.82, 2.24) is 9.97 Å². The zero-order chi connectivity index (χ0) is 14.8. The minimum Gasteiger partial charge on any atom is -0.361 e. The van der Waals surface area contributed by atoms with Gasteiger partial charge in [0.25, 0.3) is 0 Å². The molecule has 0 saturated heterocycles. The van der Waals surface area contributed by atoms with E-state index in [1.807, 2.05) is 20.8 Å². The molecule has 7 heteroatoms. The van der Waals surface area contributed by atoms with Crippen LogP contribution >= 0.6 is 0 Å². The zero-order valence-corrected chi connectivity index (χ0v) is 12.1. The average molecular weight is 279 g/mol. The van der Waals surface area contributed by atoms with Crippen LogP contribution < -0.4 is 10.6 Å². The molecule has 2 N–H and O–H groups in total. The number of aromatic nitrogens is 2. The summed E-state index contributed by atoms with van der Waals surface area (Å²) in [5, 5.41) is 17.6. The Kier molecular flexibility index (Phi) is 4.06. The number of anilines is 2. The Labute approximate surface area is 118 Å². The van der Waals surface area contributed by atoms with Gasteiger partial charge in [0.15, 0.2) is 0 Å². The lowest BCUT2D eigenvalue weighted by atomic mass is 10.1. The summed E-state index contributed by atoms with van der Waals surface area (Å²) in [5.74, 6) is 0.571. The minimum atomic E-state index is -0.425. The first-order chi connectivity index (χ1) is 9.37. The molecule has 110 valence electrons.